The van der Waals surface area contributed by atoms with Crippen LogP contribution in [0.1, 0.15) is 93.4 Å². The first-order valence-corrected chi connectivity index (χ1v) is 13.1. The number of carbonyl (C=O) groups is 1. The van der Waals surface area contributed by atoms with E-state index >= 15 is 0 Å². The molecule has 0 fully saturated rings. The molecule has 1 unspecified atom stereocenters. The van der Waals surface area contributed by atoms with Gasteiger partial charge in [0.25, 0.3) is 0 Å². The number of alkyl halides is 3. The number of hydrogen-bond acceptors (Lipinski definition) is 3. The molecular weight excluding hydrogens is 467 g/mol. The molecule has 0 spiro atoms. The molecule has 0 aliphatic heterocycles. The number of rotatable bonds is 18. The molecule has 0 saturated carbocycles. The van der Waals surface area contributed by atoms with Crippen molar-refractivity contribution in [3.63, 3.8) is 0 Å². The molecule has 0 amide bonds. The van der Waals surface area contributed by atoms with Crippen LogP contribution in [0.2, 0.25) is 0 Å². The number of carboxylic acid groups (broad SMARTS) is 1. The lowest BCUT2D eigenvalue weighted by molar-refractivity contribution is -0.138. The van der Waals surface area contributed by atoms with Crippen LogP contribution < -0.4 is 10.1 Å². The molecule has 0 aliphatic carbocycles. The van der Waals surface area contributed by atoms with Gasteiger partial charge in [-0.2, -0.15) is 13.2 Å². The monoisotopic (exact) mass is 507 g/mol. The number of unbranched alkanes of at least 4 members (excludes halogenated alkanes) is 8. The summed E-state index contributed by atoms with van der Waals surface area (Å²) in [5, 5.41) is 11.8. The van der Waals surface area contributed by atoms with Crippen LogP contribution in [0, 0.1) is 0 Å². The predicted octanol–water partition coefficient (Wildman–Crippen LogP) is 7.96. The Morgan fingerprint density at radius 1 is 0.917 bits per heavy atom. The molecule has 4 nitrogen and oxygen atoms in total. The van der Waals surface area contributed by atoms with Crippen molar-refractivity contribution in [1.29, 1.82) is 0 Å². The third-order valence-corrected chi connectivity index (χ3v) is 6.33. The lowest BCUT2D eigenvalue weighted by Gasteiger charge is -2.21. The maximum Gasteiger partial charge on any atom is 0.416 e. The average Bonchev–Trinajstić information content (AvgIpc) is 2.84. The van der Waals surface area contributed by atoms with E-state index in [1.54, 1.807) is 6.07 Å². The Morgan fingerprint density at radius 2 is 1.53 bits per heavy atom. The minimum Gasteiger partial charge on any atom is -0.486 e. The van der Waals surface area contributed by atoms with E-state index in [-0.39, 0.29) is 12.5 Å². The second-order valence-electron chi connectivity index (χ2n) is 9.30. The molecule has 0 radical (unpaired) electrons. The Labute approximate surface area is 213 Å². The average molecular weight is 508 g/mol. The van der Waals surface area contributed by atoms with Gasteiger partial charge in [0.1, 0.15) is 11.9 Å². The van der Waals surface area contributed by atoms with Crippen molar-refractivity contribution in [1.82, 2.24) is 5.32 Å². The van der Waals surface area contributed by atoms with E-state index in [2.05, 4.69) is 5.32 Å². The van der Waals surface area contributed by atoms with Crippen molar-refractivity contribution in [2.75, 3.05) is 13.6 Å². The summed E-state index contributed by atoms with van der Waals surface area (Å²) in [5.41, 5.74) is 0.706. The van der Waals surface area contributed by atoms with Crippen LogP contribution in [0.15, 0.2) is 48.5 Å². The quantitative estimate of drug-likeness (QED) is 0.201. The highest BCUT2D eigenvalue weighted by Gasteiger charge is 2.33. The fraction of sp³-hybridized carbons (Fsp3) is 0.552. The number of nitrogens with one attached hydrogen (secondary N) is 1. The molecular formula is C29H40F3NO3. The summed E-state index contributed by atoms with van der Waals surface area (Å²) < 4.78 is 47.1. The fourth-order valence-corrected chi connectivity index (χ4v) is 4.36. The molecule has 1 atom stereocenters. The topological polar surface area (TPSA) is 58.6 Å². The van der Waals surface area contributed by atoms with Gasteiger partial charge in [-0.25, -0.2) is 0 Å². The smallest absolute Gasteiger partial charge is 0.416 e. The molecule has 0 heterocycles. The summed E-state index contributed by atoms with van der Waals surface area (Å²) >= 11 is 0. The van der Waals surface area contributed by atoms with Crippen LogP contribution in [-0.4, -0.2) is 24.7 Å². The molecule has 2 rings (SSSR count). The van der Waals surface area contributed by atoms with Gasteiger partial charge in [-0.3, -0.25) is 4.79 Å². The number of halogens is 3. The summed E-state index contributed by atoms with van der Waals surface area (Å²) in [7, 11) is 1.86. The Kier molecular flexibility index (Phi) is 13.4. The van der Waals surface area contributed by atoms with Gasteiger partial charge in [0.05, 0.1) is 5.56 Å². The second-order valence-corrected chi connectivity index (χ2v) is 9.30. The zero-order chi connectivity index (χ0) is 26.2. The molecule has 200 valence electrons. The summed E-state index contributed by atoms with van der Waals surface area (Å²) in [6.07, 6.45) is 5.16. The number of aliphatic carboxylic acids is 1. The third-order valence-electron chi connectivity index (χ3n) is 6.33. The van der Waals surface area contributed by atoms with Gasteiger partial charge in [0, 0.05) is 12.8 Å². The highest BCUT2D eigenvalue weighted by Crippen LogP contribution is 2.36. The molecule has 2 aromatic carbocycles. The van der Waals surface area contributed by atoms with E-state index in [1.165, 1.54) is 6.07 Å². The minimum absolute atomic E-state index is 0.231. The molecule has 0 bridgehead atoms. The third kappa shape index (κ3) is 11.5. The molecule has 7 heteroatoms. The number of hydrogen-bond donors (Lipinski definition) is 2. The molecule has 36 heavy (non-hydrogen) atoms. The Balaban J connectivity index is 1.88. The van der Waals surface area contributed by atoms with Crippen LogP contribution in [0.3, 0.4) is 0 Å². The predicted molar refractivity (Wildman–Crippen MR) is 137 cm³/mol. The molecule has 0 aliphatic rings. The van der Waals surface area contributed by atoms with Crippen molar-refractivity contribution in [3.8, 4) is 5.75 Å². The zero-order valence-electron chi connectivity index (χ0n) is 21.3. The Bertz CT molecular complexity index is 887. The van der Waals surface area contributed by atoms with E-state index in [1.807, 2.05) is 37.4 Å². The molecule has 2 N–H and O–H groups in total. The maximum absolute atomic E-state index is 13.6. The second kappa shape index (κ2) is 16.3. The van der Waals surface area contributed by atoms with Gasteiger partial charge in [-0.1, -0.05) is 75.3 Å². The SMILES string of the molecule is CNCCC(Oc1ccc(C(F)(F)F)c(CCCCCCCCCCCC(=O)O)c1)c1ccccc1. The maximum atomic E-state index is 13.6. The molecule has 0 aromatic heterocycles. The van der Waals surface area contributed by atoms with Crippen molar-refractivity contribution in [3.05, 3.63) is 65.2 Å². The van der Waals surface area contributed by atoms with E-state index in [4.69, 9.17) is 9.84 Å². The first kappa shape index (κ1) is 29.7. The normalized spacial score (nSPS) is 12.4. The van der Waals surface area contributed by atoms with Gasteiger partial charge in [0.15, 0.2) is 0 Å². The van der Waals surface area contributed by atoms with Gasteiger partial charge >= 0.3 is 12.1 Å². The first-order valence-electron chi connectivity index (χ1n) is 13.1. The molecule has 2 aromatic rings. The Morgan fingerprint density at radius 3 is 2.11 bits per heavy atom. The largest absolute Gasteiger partial charge is 0.486 e. The number of carboxylic acids is 1. The van der Waals surface area contributed by atoms with Crippen LogP contribution in [0.4, 0.5) is 13.2 Å². The number of benzene rings is 2. The minimum atomic E-state index is -4.39. The standard InChI is InChI=1S/C29H40F3NO3/c1-33-21-20-27(23-14-11-9-12-15-23)36-25-18-19-26(29(30,31)32)24(22-25)16-10-7-5-3-2-4-6-8-13-17-28(34)35/h9,11-12,14-15,18-19,22,27,33H,2-8,10,13,16-17,20-21H2,1H3,(H,34,35). The lowest BCUT2D eigenvalue weighted by Crippen LogP contribution is -2.16. The number of ether oxygens (including phenoxy) is 1. The van der Waals surface area contributed by atoms with Crippen molar-refractivity contribution >= 4 is 5.97 Å². The van der Waals surface area contributed by atoms with Gasteiger partial charge < -0.3 is 15.2 Å². The van der Waals surface area contributed by atoms with Crippen molar-refractivity contribution in [2.24, 2.45) is 0 Å². The van der Waals surface area contributed by atoms with Crippen LogP contribution in [0.25, 0.3) is 0 Å². The van der Waals surface area contributed by atoms with Gasteiger partial charge in [0.2, 0.25) is 0 Å². The lowest BCUT2D eigenvalue weighted by atomic mass is 9.99. The van der Waals surface area contributed by atoms with E-state index in [0.29, 0.717) is 30.6 Å². The van der Waals surface area contributed by atoms with E-state index in [0.717, 1.165) is 69.5 Å². The van der Waals surface area contributed by atoms with E-state index < -0.39 is 17.7 Å². The highest BCUT2D eigenvalue weighted by atomic mass is 19.4. The van der Waals surface area contributed by atoms with Crippen molar-refractivity contribution < 1.29 is 27.8 Å². The van der Waals surface area contributed by atoms with Crippen molar-refractivity contribution in [2.45, 2.75) is 89.3 Å². The summed E-state index contributed by atoms with van der Waals surface area (Å²) in [4.78, 5) is 10.5. The van der Waals surface area contributed by atoms with Crippen LogP contribution in [0.5, 0.6) is 5.75 Å². The summed E-state index contributed by atoms with van der Waals surface area (Å²) in [6.45, 7) is 0.732. The van der Waals surface area contributed by atoms with Crippen LogP contribution in [-0.2, 0) is 17.4 Å². The fourth-order valence-electron chi connectivity index (χ4n) is 4.36. The highest BCUT2D eigenvalue weighted by molar-refractivity contribution is 5.66. The molecule has 0 saturated heterocycles. The summed E-state index contributed by atoms with van der Waals surface area (Å²) in [6, 6.07) is 13.9. The zero-order valence-corrected chi connectivity index (χ0v) is 21.3. The van der Waals surface area contributed by atoms with Gasteiger partial charge in [-0.05, 0) is 62.2 Å². The van der Waals surface area contributed by atoms with Gasteiger partial charge in [-0.15, -0.1) is 0 Å². The number of aryl methyl sites for hydroxylation is 1. The Hall–Kier alpha value is -2.54. The van der Waals surface area contributed by atoms with Crippen LogP contribution >= 0.6 is 0 Å². The van der Waals surface area contributed by atoms with E-state index in [9.17, 15) is 18.0 Å². The summed E-state index contributed by atoms with van der Waals surface area (Å²) in [5.74, 6) is -0.281. The first-order chi connectivity index (χ1) is 17.3.